The van der Waals surface area contributed by atoms with Crippen molar-refractivity contribution in [3.63, 3.8) is 0 Å². The molecule has 4 aromatic heterocycles. The number of carbonyl (C=O) groups excluding carboxylic acids is 1. The van der Waals surface area contributed by atoms with Gasteiger partial charge in [0.05, 0.1) is 5.69 Å². The highest BCUT2D eigenvalue weighted by Crippen LogP contribution is 2.27. The Morgan fingerprint density at radius 2 is 1.96 bits per heavy atom. The molecular weight excluding hydrogens is 360 g/mol. The number of thiazole rings is 2. The monoisotopic (exact) mass is 370 g/mol. The summed E-state index contributed by atoms with van der Waals surface area (Å²) in [5, 5.41) is 11.8. The van der Waals surface area contributed by atoms with Gasteiger partial charge in [-0.25, -0.2) is 9.97 Å². The Hall–Kier alpha value is -2.42. The number of rotatable bonds is 4. The molecule has 8 heteroatoms. The number of amides is 1. The Labute approximate surface area is 149 Å². The van der Waals surface area contributed by atoms with Crippen LogP contribution in [0.2, 0.25) is 0 Å². The number of thiophene rings is 1. The normalized spacial score (nSPS) is 10.7. The number of hydrogen-bond donors (Lipinski definition) is 1. The average molecular weight is 370 g/mol. The van der Waals surface area contributed by atoms with Crippen LogP contribution in [0.1, 0.15) is 10.5 Å². The second kappa shape index (κ2) is 6.60. The Bertz CT molecular complexity index is 960. The van der Waals surface area contributed by atoms with Gasteiger partial charge in [-0.2, -0.15) is 11.3 Å². The highest BCUT2D eigenvalue weighted by atomic mass is 32.1. The van der Waals surface area contributed by atoms with Crippen molar-refractivity contribution in [3.05, 3.63) is 57.7 Å². The third kappa shape index (κ3) is 3.12. The Morgan fingerprint density at radius 3 is 2.75 bits per heavy atom. The summed E-state index contributed by atoms with van der Waals surface area (Å²) in [5.74, 6) is -0.255. The predicted molar refractivity (Wildman–Crippen MR) is 98.7 cm³/mol. The van der Waals surface area contributed by atoms with Crippen LogP contribution in [0.5, 0.6) is 0 Å². The molecule has 1 N–H and O–H groups in total. The van der Waals surface area contributed by atoms with E-state index in [0.717, 1.165) is 22.0 Å². The lowest BCUT2D eigenvalue weighted by Gasteiger charge is -1.98. The van der Waals surface area contributed by atoms with Crippen molar-refractivity contribution in [2.75, 3.05) is 5.32 Å². The van der Waals surface area contributed by atoms with E-state index in [9.17, 15) is 4.79 Å². The van der Waals surface area contributed by atoms with Crippen molar-refractivity contribution in [3.8, 4) is 22.0 Å². The third-order valence-electron chi connectivity index (χ3n) is 3.16. The second-order valence-electron chi connectivity index (χ2n) is 4.76. The van der Waals surface area contributed by atoms with Crippen molar-refractivity contribution in [1.29, 1.82) is 0 Å². The van der Waals surface area contributed by atoms with Crippen LogP contribution >= 0.6 is 34.0 Å². The van der Waals surface area contributed by atoms with E-state index in [1.165, 1.54) is 22.7 Å². The summed E-state index contributed by atoms with van der Waals surface area (Å²) in [5.41, 5.74) is 2.96. The zero-order valence-corrected chi connectivity index (χ0v) is 14.6. The fraction of sp³-hybridized carbons (Fsp3) is 0. The summed E-state index contributed by atoms with van der Waals surface area (Å²) >= 11 is 4.43. The first-order valence-electron chi connectivity index (χ1n) is 6.96. The minimum absolute atomic E-state index is 0.255. The molecular formula is C16H10N4OS3. The number of pyridine rings is 1. The average Bonchev–Trinajstić information content (AvgIpc) is 3.36. The van der Waals surface area contributed by atoms with Gasteiger partial charge >= 0.3 is 0 Å². The number of nitrogens with one attached hydrogen (secondary N) is 1. The van der Waals surface area contributed by atoms with Crippen molar-refractivity contribution in [2.24, 2.45) is 0 Å². The van der Waals surface area contributed by atoms with E-state index in [-0.39, 0.29) is 5.91 Å². The molecule has 0 aliphatic heterocycles. The van der Waals surface area contributed by atoms with Crippen LogP contribution in [-0.2, 0) is 0 Å². The molecule has 118 valence electrons. The number of hydrogen-bond acceptors (Lipinski definition) is 7. The maximum absolute atomic E-state index is 12.3. The van der Waals surface area contributed by atoms with Crippen molar-refractivity contribution < 1.29 is 4.79 Å². The largest absolute Gasteiger partial charge is 0.296 e. The van der Waals surface area contributed by atoms with Gasteiger partial charge in [-0.3, -0.25) is 15.1 Å². The first-order chi connectivity index (χ1) is 11.8. The third-order valence-corrected chi connectivity index (χ3v) is 5.49. The van der Waals surface area contributed by atoms with Gasteiger partial charge in [-0.1, -0.05) is 6.07 Å². The van der Waals surface area contributed by atoms with E-state index in [4.69, 9.17) is 0 Å². The quantitative estimate of drug-likeness (QED) is 0.568. The van der Waals surface area contributed by atoms with Crippen LogP contribution < -0.4 is 5.32 Å². The highest BCUT2D eigenvalue weighted by molar-refractivity contribution is 7.14. The van der Waals surface area contributed by atoms with Gasteiger partial charge in [0.15, 0.2) is 5.13 Å². The lowest BCUT2D eigenvalue weighted by molar-refractivity contribution is 0.102. The van der Waals surface area contributed by atoms with Crippen LogP contribution in [0.15, 0.2) is 52.0 Å². The molecule has 4 aromatic rings. The van der Waals surface area contributed by atoms with Gasteiger partial charge in [-0.05, 0) is 23.6 Å². The summed E-state index contributed by atoms with van der Waals surface area (Å²) in [4.78, 5) is 25.4. The van der Waals surface area contributed by atoms with E-state index >= 15 is 0 Å². The van der Waals surface area contributed by atoms with Crippen molar-refractivity contribution in [2.45, 2.75) is 0 Å². The van der Waals surface area contributed by atoms with E-state index in [1.807, 2.05) is 40.4 Å². The molecule has 4 rings (SSSR count). The lowest BCUT2D eigenvalue weighted by Crippen LogP contribution is -2.12. The first-order valence-corrected chi connectivity index (χ1v) is 9.66. The van der Waals surface area contributed by atoms with Gasteiger partial charge in [0, 0.05) is 27.9 Å². The van der Waals surface area contributed by atoms with E-state index in [2.05, 4.69) is 20.3 Å². The lowest BCUT2D eigenvalue weighted by atomic mass is 10.3. The van der Waals surface area contributed by atoms with E-state index in [1.54, 1.807) is 22.9 Å². The molecule has 24 heavy (non-hydrogen) atoms. The molecule has 0 aromatic carbocycles. The maximum atomic E-state index is 12.3. The SMILES string of the molecule is O=C(Nc1nc(-c2ccccn2)cs1)c1csc(-c2ccsc2)n1. The molecule has 4 heterocycles. The zero-order valence-electron chi connectivity index (χ0n) is 12.2. The van der Waals surface area contributed by atoms with Gasteiger partial charge in [-0.15, -0.1) is 22.7 Å². The first kappa shape index (κ1) is 15.1. The summed E-state index contributed by atoms with van der Waals surface area (Å²) in [6.45, 7) is 0. The van der Waals surface area contributed by atoms with Crippen LogP contribution in [0.4, 0.5) is 5.13 Å². The molecule has 0 saturated carbocycles. The predicted octanol–water partition coefficient (Wildman–Crippen LogP) is 4.64. The minimum Gasteiger partial charge on any atom is -0.296 e. The van der Waals surface area contributed by atoms with Gasteiger partial charge in [0.1, 0.15) is 16.4 Å². The van der Waals surface area contributed by atoms with Gasteiger partial charge < -0.3 is 0 Å². The Morgan fingerprint density at radius 1 is 1.00 bits per heavy atom. The van der Waals surface area contributed by atoms with Crippen molar-refractivity contribution in [1.82, 2.24) is 15.0 Å². The Kier molecular flexibility index (Phi) is 4.16. The topological polar surface area (TPSA) is 67.8 Å². The summed E-state index contributed by atoms with van der Waals surface area (Å²) in [6.07, 6.45) is 1.72. The molecule has 1 amide bonds. The molecule has 0 bridgehead atoms. The fourth-order valence-electron chi connectivity index (χ4n) is 2.02. The molecule has 0 radical (unpaired) electrons. The summed E-state index contributed by atoms with van der Waals surface area (Å²) in [6, 6.07) is 7.63. The number of nitrogens with zero attached hydrogens (tertiary/aromatic N) is 3. The molecule has 0 aliphatic rings. The standard InChI is InChI=1S/C16H10N4OS3/c21-14(13-9-23-15(18-13)10-4-6-22-7-10)20-16-19-12(8-24-16)11-3-1-2-5-17-11/h1-9H,(H,19,20,21). The molecule has 0 spiro atoms. The van der Waals surface area contributed by atoms with Crippen LogP contribution in [0.25, 0.3) is 22.0 Å². The van der Waals surface area contributed by atoms with Gasteiger partial charge in [0.2, 0.25) is 0 Å². The summed E-state index contributed by atoms with van der Waals surface area (Å²) in [7, 11) is 0. The van der Waals surface area contributed by atoms with Crippen LogP contribution in [0, 0.1) is 0 Å². The van der Waals surface area contributed by atoms with Crippen molar-refractivity contribution >= 4 is 45.0 Å². The fourth-order valence-corrected chi connectivity index (χ4v) is 4.23. The molecule has 0 saturated heterocycles. The molecule has 0 fully saturated rings. The molecule has 0 atom stereocenters. The molecule has 5 nitrogen and oxygen atoms in total. The number of aromatic nitrogens is 3. The summed E-state index contributed by atoms with van der Waals surface area (Å²) < 4.78 is 0. The number of carbonyl (C=O) groups is 1. The van der Waals surface area contributed by atoms with Crippen LogP contribution in [0.3, 0.4) is 0 Å². The second-order valence-corrected chi connectivity index (χ2v) is 7.25. The van der Waals surface area contributed by atoms with E-state index < -0.39 is 0 Å². The Balaban J connectivity index is 1.50. The molecule has 0 unspecified atom stereocenters. The van der Waals surface area contributed by atoms with Gasteiger partial charge in [0.25, 0.3) is 5.91 Å². The number of anilines is 1. The molecule has 0 aliphatic carbocycles. The highest BCUT2D eigenvalue weighted by Gasteiger charge is 2.14. The van der Waals surface area contributed by atoms with Crippen LogP contribution in [-0.4, -0.2) is 20.9 Å². The smallest absolute Gasteiger partial charge is 0.276 e. The zero-order chi connectivity index (χ0) is 16.4. The van der Waals surface area contributed by atoms with E-state index in [0.29, 0.717) is 10.8 Å². The minimum atomic E-state index is -0.255. The maximum Gasteiger partial charge on any atom is 0.276 e.